The zero-order chi connectivity index (χ0) is 11.3. The first-order valence-corrected chi connectivity index (χ1v) is 4.70. The number of aryl methyl sites for hydroxylation is 1. The number of methoxy groups -OCH3 is 1. The summed E-state index contributed by atoms with van der Waals surface area (Å²) in [5.74, 6) is -0.534. The predicted molar refractivity (Wildman–Crippen MR) is 56.3 cm³/mol. The molecule has 4 heteroatoms. The van der Waals surface area contributed by atoms with Crippen LogP contribution in [-0.4, -0.2) is 19.6 Å². The average Bonchev–Trinajstić information content (AvgIpc) is 2.23. The topological polar surface area (TPSA) is 38.3 Å². The zero-order valence-electron chi connectivity index (χ0n) is 8.84. The fraction of sp³-hybridized carbons (Fsp3) is 0.364. The summed E-state index contributed by atoms with van der Waals surface area (Å²) in [7, 11) is 1.34. The van der Waals surface area contributed by atoms with Gasteiger partial charge in [0.05, 0.1) is 13.5 Å². The van der Waals surface area contributed by atoms with Gasteiger partial charge in [-0.15, -0.1) is 0 Å². The Bertz CT molecular complexity index is 352. The van der Waals surface area contributed by atoms with Crippen LogP contribution in [0.15, 0.2) is 18.2 Å². The molecule has 0 heterocycles. The van der Waals surface area contributed by atoms with Crippen LogP contribution in [-0.2, 0) is 9.53 Å². The summed E-state index contributed by atoms with van der Waals surface area (Å²) in [5.41, 5.74) is 1.27. The van der Waals surface area contributed by atoms with Gasteiger partial charge in [-0.05, 0) is 24.6 Å². The van der Waals surface area contributed by atoms with Gasteiger partial charge in [0.25, 0.3) is 0 Å². The van der Waals surface area contributed by atoms with Crippen LogP contribution in [0.5, 0.6) is 0 Å². The van der Waals surface area contributed by atoms with Gasteiger partial charge in [-0.2, -0.15) is 0 Å². The maximum atomic E-state index is 13.1. The first-order chi connectivity index (χ1) is 7.13. The van der Waals surface area contributed by atoms with Crippen LogP contribution >= 0.6 is 0 Å². The van der Waals surface area contributed by atoms with Crippen molar-refractivity contribution >= 4 is 11.7 Å². The van der Waals surface area contributed by atoms with Crippen molar-refractivity contribution in [2.45, 2.75) is 13.3 Å². The van der Waals surface area contributed by atoms with Crippen molar-refractivity contribution in [1.82, 2.24) is 0 Å². The van der Waals surface area contributed by atoms with Gasteiger partial charge in [0.1, 0.15) is 5.82 Å². The Labute approximate surface area is 88.2 Å². The maximum absolute atomic E-state index is 13.1. The Balaban J connectivity index is 2.44. The highest BCUT2D eigenvalue weighted by atomic mass is 19.1. The fourth-order valence-corrected chi connectivity index (χ4v) is 1.11. The lowest BCUT2D eigenvalue weighted by Gasteiger charge is -2.06. The lowest BCUT2D eigenvalue weighted by molar-refractivity contribution is -0.140. The summed E-state index contributed by atoms with van der Waals surface area (Å²) in [6.45, 7) is 2.14. The van der Waals surface area contributed by atoms with Crippen molar-refractivity contribution in [2.75, 3.05) is 19.0 Å². The number of esters is 1. The number of carbonyl (C=O) groups is 1. The average molecular weight is 211 g/mol. The SMILES string of the molecule is COC(=O)CCNc1ccc(C)c(F)c1. The molecule has 1 rings (SSSR count). The smallest absolute Gasteiger partial charge is 0.307 e. The minimum absolute atomic E-state index is 0.252. The number of hydrogen-bond acceptors (Lipinski definition) is 3. The Morgan fingerprint density at radius 1 is 1.53 bits per heavy atom. The van der Waals surface area contributed by atoms with Crippen molar-refractivity contribution in [2.24, 2.45) is 0 Å². The molecule has 0 aromatic heterocycles. The Kier molecular flexibility index (Phi) is 4.09. The second kappa shape index (κ2) is 5.34. The Morgan fingerprint density at radius 2 is 2.27 bits per heavy atom. The van der Waals surface area contributed by atoms with Gasteiger partial charge in [-0.3, -0.25) is 4.79 Å². The lowest BCUT2D eigenvalue weighted by atomic mass is 10.2. The summed E-state index contributed by atoms with van der Waals surface area (Å²) in [4.78, 5) is 10.8. The lowest BCUT2D eigenvalue weighted by Crippen LogP contribution is -2.09. The monoisotopic (exact) mass is 211 g/mol. The minimum atomic E-state index is -0.282. The van der Waals surface area contributed by atoms with Crippen LogP contribution in [0, 0.1) is 12.7 Å². The van der Waals surface area contributed by atoms with Crippen LogP contribution in [0.25, 0.3) is 0 Å². The first-order valence-electron chi connectivity index (χ1n) is 4.70. The molecule has 82 valence electrons. The third kappa shape index (κ3) is 3.58. The number of anilines is 1. The summed E-state index contributed by atoms with van der Waals surface area (Å²) in [6.07, 6.45) is 0.270. The van der Waals surface area contributed by atoms with E-state index in [1.54, 1.807) is 19.1 Å². The van der Waals surface area contributed by atoms with E-state index >= 15 is 0 Å². The molecule has 0 saturated heterocycles. The van der Waals surface area contributed by atoms with Gasteiger partial charge in [0.15, 0.2) is 0 Å². The van der Waals surface area contributed by atoms with E-state index in [2.05, 4.69) is 10.1 Å². The molecule has 3 nitrogen and oxygen atoms in total. The second-order valence-electron chi connectivity index (χ2n) is 3.22. The van der Waals surface area contributed by atoms with Gasteiger partial charge in [0.2, 0.25) is 0 Å². The molecule has 0 saturated carbocycles. The van der Waals surface area contributed by atoms with Gasteiger partial charge < -0.3 is 10.1 Å². The standard InChI is InChI=1S/C11H14FNO2/c1-8-3-4-9(7-10(8)12)13-6-5-11(14)15-2/h3-4,7,13H,5-6H2,1-2H3. The van der Waals surface area contributed by atoms with Crippen LogP contribution < -0.4 is 5.32 Å². The molecular weight excluding hydrogens is 197 g/mol. The molecule has 0 aliphatic heterocycles. The number of rotatable bonds is 4. The van der Waals surface area contributed by atoms with E-state index in [0.29, 0.717) is 17.8 Å². The molecule has 15 heavy (non-hydrogen) atoms. The number of benzene rings is 1. The number of halogens is 1. The number of carbonyl (C=O) groups excluding carboxylic acids is 1. The molecule has 0 bridgehead atoms. The van der Waals surface area contributed by atoms with Crippen molar-refractivity contribution in [1.29, 1.82) is 0 Å². The largest absolute Gasteiger partial charge is 0.469 e. The van der Waals surface area contributed by atoms with Gasteiger partial charge >= 0.3 is 5.97 Å². The summed E-state index contributed by atoms with van der Waals surface area (Å²) in [5, 5.41) is 2.94. The van der Waals surface area contributed by atoms with Gasteiger partial charge in [0, 0.05) is 12.2 Å². The van der Waals surface area contributed by atoms with E-state index in [0.717, 1.165) is 0 Å². The van der Waals surface area contributed by atoms with E-state index in [1.165, 1.54) is 13.2 Å². The highest BCUT2D eigenvalue weighted by Gasteiger charge is 2.01. The van der Waals surface area contributed by atoms with Crippen molar-refractivity contribution in [3.63, 3.8) is 0 Å². The molecule has 0 aliphatic carbocycles. The van der Waals surface area contributed by atoms with Crippen LogP contribution in [0.2, 0.25) is 0 Å². The van der Waals surface area contributed by atoms with Gasteiger partial charge in [-0.1, -0.05) is 6.07 Å². The Hall–Kier alpha value is -1.58. The third-order valence-corrected chi connectivity index (χ3v) is 2.06. The van der Waals surface area contributed by atoms with Crippen molar-refractivity contribution in [3.05, 3.63) is 29.6 Å². The summed E-state index contributed by atoms with van der Waals surface area (Å²) < 4.78 is 17.6. The number of ether oxygens (including phenoxy) is 1. The maximum Gasteiger partial charge on any atom is 0.307 e. The molecule has 0 fully saturated rings. The van der Waals surface area contributed by atoms with E-state index in [4.69, 9.17) is 0 Å². The zero-order valence-corrected chi connectivity index (χ0v) is 8.84. The quantitative estimate of drug-likeness (QED) is 0.775. The minimum Gasteiger partial charge on any atom is -0.469 e. The highest BCUT2D eigenvalue weighted by molar-refractivity contribution is 5.69. The van der Waals surface area contributed by atoms with Crippen LogP contribution in [0.4, 0.5) is 10.1 Å². The number of hydrogen-bond donors (Lipinski definition) is 1. The predicted octanol–water partition coefficient (Wildman–Crippen LogP) is 2.11. The number of nitrogens with one attached hydrogen (secondary N) is 1. The third-order valence-electron chi connectivity index (χ3n) is 2.06. The van der Waals surface area contributed by atoms with Crippen molar-refractivity contribution in [3.8, 4) is 0 Å². The first kappa shape index (κ1) is 11.5. The molecule has 1 aromatic carbocycles. The fourth-order valence-electron chi connectivity index (χ4n) is 1.11. The Morgan fingerprint density at radius 3 is 2.87 bits per heavy atom. The molecule has 0 radical (unpaired) electrons. The summed E-state index contributed by atoms with van der Waals surface area (Å²) in [6, 6.07) is 4.87. The normalized spacial score (nSPS) is 9.80. The van der Waals surface area contributed by atoms with Crippen LogP contribution in [0.3, 0.4) is 0 Å². The van der Waals surface area contributed by atoms with E-state index < -0.39 is 0 Å². The molecule has 0 amide bonds. The van der Waals surface area contributed by atoms with E-state index in [1.807, 2.05) is 0 Å². The molecule has 1 N–H and O–H groups in total. The van der Waals surface area contributed by atoms with E-state index in [9.17, 15) is 9.18 Å². The van der Waals surface area contributed by atoms with Gasteiger partial charge in [-0.25, -0.2) is 4.39 Å². The second-order valence-corrected chi connectivity index (χ2v) is 3.22. The van der Waals surface area contributed by atoms with E-state index in [-0.39, 0.29) is 18.2 Å². The molecule has 0 aliphatic rings. The highest BCUT2D eigenvalue weighted by Crippen LogP contribution is 2.13. The molecule has 0 atom stereocenters. The van der Waals surface area contributed by atoms with Crippen molar-refractivity contribution < 1.29 is 13.9 Å². The molecule has 0 spiro atoms. The molecular formula is C11H14FNO2. The summed E-state index contributed by atoms with van der Waals surface area (Å²) >= 11 is 0. The molecule has 0 unspecified atom stereocenters. The van der Waals surface area contributed by atoms with Crippen LogP contribution in [0.1, 0.15) is 12.0 Å². The molecule has 1 aromatic rings.